The molecule has 2 aliphatic rings. The van der Waals surface area contributed by atoms with E-state index in [-0.39, 0.29) is 11.3 Å². The maximum Gasteiger partial charge on any atom is 0.227 e. The van der Waals surface area contributed by atoms with Gasteiger partial charge in [-0.15, -0.1) is 0 Å². The SMILES string of the molecule is COc1ccc(CC(=O)N2CCC[C@@]3(CCC[C@H]3OC)C2)cc1. The molecule has 0 unspecified atom stereocenters. The number of hydrogen-bond acceptors (Lipinski definition) is 3. The van der Waals surface area contributed by atoms with Gasteiger partial charge in [0.15, 0.2) is 0 Å². The highest BCUT2D eigenvalue weighted by molar-refractivity contribution is 5.79. The average Bonchev–Trinajstić information content (AvgIpc) is 2.97. The molecule has 1 aromatic rings. The molecule has 2 fully saturated rings. The van der Waals surface area contributed by atoms with Gasteiger partial charge in [-0.05, 0) is 43.4 Å². The molecule has 1 aliphatic heterocycles. The molecule has 4 nitrogen and oxygen atoms in total. The number of amides is 1. The first-order chi connectivity index (χ1) is 11.2. The first kappa shape index (κ1) is 16.3. The fourth-order valence-corrected chi connectivity index (χ4v) is 4.34. The number of piperidine rings is 1. The second kappa shape index (κ2) is 6.91. The third-order valence-electron chi connectivity index (χ3n) is 5.58. The summed E-state index contributed by atoms with van der Waals surface area (Å²) in [6, 6.07) is 7.78. The first-order valence-electron chi connectivity index (χ1n) is 8.60. The van der Waals surface area contributed by atoms with Crippen LogP contribution in [0.2, 0.25) is 0 Å². The van der Waals surface area contributed by atoms with Crippen molar-refractivity contribution in [2.45, 2.75) is 44.6 Å². The Hall–Kier alpha value is -1.55. The minimum Gasteiger partial charge on any atom is -0.497 e. The summed E-state index contributed by atoms with van der Waals surface area (Å²) in [7, 11) is 3.47. The highest BCUT2D eigenvalue weighted by Crippen LogP contribution is 2.46. The number of carbonyl (C=O) groups excluding carboxylic acids is 1. The van der Waals surface area contributed by atoms with Crippen LogP contribution in [-0.2, 0) is 16.0 Å². The number of nitrogens with zero attached hydrogens (tertiary/aromatic N) is 1. The van der Waals surface area contributed by atoms with Crippen molar-refractivity contribution < 1.29 is 14.3 Å². The minimum atomic E-state index is 0.197. The molecule has 2 atom stereocenters. The van der Waals surface area contributed by atoms with Gasteiger partial charge in [-0.2, -0.15) is 0 Å². The van der Waals surface area contributed by atoms with Crippen LogP contribution in [0.1, 0.15) is 37.7 Å². The number of carbonyl (C=O) groups is 1. The van der Waals surface area contributed by atoms with Crippen molar-refractivity contribution >= 4 is 5.91 Å². The second-order valence-corrected chi connectivity index (χ2v) is 6.92. The third kappa shape index (κ3) is 3.37. The average molecular weight is 317 g/mol. The van der Waals surface area contributed by atoms with E-state index < -0.39 is 0 Å². The van der Waals surface area contributed by atoms with Crippen molar-refractivity contribution in [2.24, 2.45) is 5.41 Å². The zero-order valence-electron chi connectivity index (χ0n) is 14.2. The summed E-state index contributed by atoms with van der Waals surface area (Å²) in [5, 5.41) is 0. The van der Waals surface area contributed by atoms with E-state index in [0.717, 1.165) is 37.2 Å². The summed E-state index contributed by atoms with van der Waals surface area (Å²) >= 11 is 0. The van der Waals surface area contributed by atoms with E-state index >= 15 is 0 Å². The molecule has 0 N–H and O–H groups in total. The summed E-state index contributed by atoms with van der Waals surface area (Å²) in [5.74, 6) is 1.06. The lowest BCUT2D eigenvalue weighted by Gasteiger charge is -2.43. The van der Waals surface area contributed by atoms with E-state index in [1.54, 1.807) is 7.11 Å². The van der Waals surface area contributed by atoms with Crippen molar-refractivity contribution in [3.63, 3.8) is 0 Å². The largest absolute Gasteiger partial charge is 0.497 e. The first-order valence-corrected chi connectivity index (χ1v) is 8.60. The van der Waals surface area contributed by atoms with E-state index in [1.165, 1.54) is 19.3 Å². The van der Waals surface area contributed by atoms with Crippen molar-refractivity contribution in [1.29, 1.82) is 0 Å². The standard InChI is InChI=1S/C19H27NO3/c1-22-16-8-6-15(7-9-16)13-18(21)20-12-4-11-19(14-20)10-3-5-17(19)23-2/h6-9,17H,3-5,10-14H2,1-2H3/t17-,19+/m1/s1. The fourth-order valence-electron chi connectivity index (χ4n) is 4.34. The Morgan fingerprint density at radius 2 is 1.96 bits per heavy atom. The number of ether oxygens (including phenoxy) is 2. The molecule has 1 saturated carbocycles. The number of hydrogen-bond donors (Lipinski definition) is 0. The summed E-state index contributed by atoms with van der Waals surface area (Å²) in [4.78, 5) is 14.8. The van der Waals surface area contributed by atoms with Crippen LogP contribution in [0.3, 0.4) is 0 Å². The summed E-state index contributed by atoms with van der Waals surface area (Å²) < 4.78 is 10.9. The number of rotatable bonds is 4. The van der Waals surface area contributed by atoms with Crippen LogP contribution in [-0.4, -0.2) is 44.2 Å². The fraction of sp³-hybridized carbons (Fsp3) is 0.632. The lowest BCUT2D eigenvalue weighted by atomic mass is 9.76. The third-order valence-corrected chi connectivity index (χ3v) is 5.58. The van der Waals surface area contributed by atoms with Crippen LogP contribution < -0.4 is 4.74 Å². The van der Waals surface area contributed by atoms with Gasteiger partial charge >= 0.3 is 0 Å². The molecule has 3 rings (SSSR count). The molecule has 1 spiro atoms. The van der Waals surface area contributed by atoms with Crippen molar-refractivity contribution in [2.75, 3.05) is 27.3 Å². The molecule has 1 heterocycles. The predicted octanol–water partition coefficient (Wildman–Crippen LogP) is 3.05. The summed E-state index contributed by atoms with van der Waals surface area (Å²) in [6.45, 7) is 1.74. The molecule has 1 amide bonds. The molecule has 1 saturated heterocycles. The monoisotopic (exact) mass is 317 g/mol. The Kier molecular flexibility index (Phi) is 4.90. The Morgan fingerprint density at radius 1 is 1.22 bits per heavy atom. The van der Waals surface area contributed by atoms with Gasteiger partial charge in [-0.1, -0.05) is 18.6 Å². The van der Waals surface area contributed by atoms with Crippen LogP contribution in [0.5, 0.6) is 5.75 Å². The molecule has 4 heteroatoms. The van der Waals surface area contributed by atoms with E-state index in [4.69, 9.17) is 9.47 Å². The smallest absolute Gasteiger partial charge is 0.227 e. The number of likely N-dealkylation sites (tertiary alicyclic amines) is 1. The summed E-state index contributed by atoms with van der Waals surface area (Å²) in [5.41, 5.74) is 1.24. The molecular weight excluding hydrogens is 290 g/mol. The van der Waals surface area contributed by atoms with Crippen LogP contribution in [0.15, 0.2) is 24.3 Å². The van der Waals surface area contributed by atoms with Crippen LogP contribution in [0.4, 0.5) is 0 Å². The molecule has 23 heavy (non-hydrogen) atoms. The molecule has 0 bridgehead atoms. The Balaban J connectivity index is 1.64. The highest BCUT2D eigenvalue weighted by Gasteiger charge is 2.46. The molecule has 1 aliphatic carbocycles. The minimum absolute atomic E-state index is 0.197. The van der Waals surface area contributed by atoms with E-state index in [9.17, 15) is 4.79 Å². The Bertz CT molecular complexity index is 542. The van der Waals surface area contributed by atoms with Crippen molar-refractivity contribution in [3.8, 4) is 5.75 Å². The summed E-state index contributed by atoms with van der Waals surface area (Å²) in [6.07, 6.45) is 6.62. The van der Waals surface area contributed by atoms with Gasteiger partial charge in [0.1, 0.15) is 5.75 Å². The van der Waals surface area contributed by atoms with Gasteiger partial charge in [0.2, 0.25) is 5.91 Å². The molecule has 126 valence electrons. The van der Waals surface area contributed by atoms with E-state index in [1.807, 2.05) is 31.4 Å². The molecule has 0 aromatic heterocycles. The number of methoxy groups -OCH3 is 2. The quantitative estimate of drug-likeness (QED) is 0.857. The lowest BCUT2D eigenvalue weighted by molar-refractivity contribution is -0.136. The topological polar surface area (TPSA) is 38.8 Å². The second-order valence-electron chi connectivity index (χ2n) is 6.92. The van der Waals surface area contributed by atoms with Gasteiger partial charge in [0.05, 0.1) is 19.6 Å². The van der Waals surface area contributed by atoms with E-state index in [0.29, 0.717) is 12.5 Å². The Labute approximate surface area is 138 Å². The molecule has 1 aromatic carbocycles. The normalized spacial score (nSPS) is 27.4. The molecule has 0 radical (unpaired) electrons. The zero-order chi connectivity index (χ0) is 16.3. The van der Waals surface area contributed by atoms with Gasteiger partial charge < -0.3 is 14.4 Å². The highest BCUT2D eigenvalue weighted by atomic mass is 16.5. The van der Waals surface area contributed by atoms with E-state index in [2.05, 4.69) is 4.90 Å². The lowest BCUT2D eigenvalue weighted by Crippen LogP contribution is -2.50. The van der Waals surface area contributed by atoms with Gasteiger partial charge in [-0.3, -0.25) is 4.79 Å². The van der Waals surface area contributed by atoms with Crippen molar-refractivity contribution in [3.05, 3.63) is 29.8 Å². The van der Waals surface area contributed by atoms with Gasteiger partial charge in [0, 0.05) is 25.6 Å². The van der Waals surface area contributed by atoms with Crippen LogP contribution in [0.25, 0.3) is 0 Å². The van der Waals surface area contributed by atoms with Crippen LogP contribution >= 0.6 is 0 Å². The maximum atomic E-state index is 12.7. The van der Waals surface area contributed by atoms with Gasteiger partial charge in [-0.25, -0.2) is 0 Å². The zero-order valence-corrected chi connectivity index (χ0v) is 14.2. The molecular formula is C19H27NO3. The maximum absolute atomic E-state index is 12.7. The number of benzene rings is 1. The van der Waals surface area contributed by atoms with Crippen LogP contribution in [0, 0.1) is 5.41 Å². The predicted molar refractivity (Wildman–Crippen MR) is 89.6 cm³/mol. The van der Waals surface area contributed by atoms with Gasteiger partial charge in [0.25, 0.3) is 0 Å². The Morgan fingerprint density at radius 3 is 2.65 bits per heavy atom. The van der Waals surface area contributed by atoms with Crippen molar-refractivity contribution in [1.82, 2.24) is 4.90 Å².